The molecule has 25 heavy (non-hydrogen) atoms. The normalized spacial score (nSPS) is 17.7. The van der Waals surface area contributed by atoms with Gasteiger partial charge in [0.05, 0.1) is 6.42 Å². The van der Waals surface area contributed by atoms with Crippen LogP contribution in [-0.2, 0) is 20.7 Å². The zero-order valence-corrected chi connectivity index (χ0v) is 15.1. The van der Waals surface area contributed by atoms with E-state index < -0.39 is 11.6 Å². The van der Waals surface area contributed by atoms with E-state index in [1.807, 2.05) is 0 Å². The van der Waals surface area contributed by atoms with Crippen LogP contribution in [0.2, 0.25) is 0 Å². The van der Waals surface area contributed by atoms with Crippen molar-refractivity contribution in [3.63, 3.8) is 0 Å². The second-order valence-electron chi connectivity index (χ2n) is 7.01. The third-order valence-electron chi connectivity index (χ3n) is 3.77. The lowest BCUT2D eigenvalue weighted by Crippen LogP contribution is -2.56. The van der Waals surface area contributed by atoms with Gasteiger partial charge in [0.1, 0.15) is 11.6 Å². The van der Waals surface area contributed by atoms with Crippen LogP contribution in [0, 0.1) is 0 Å². The fraction of sp³-hybridized carbons (Fsp3) is 0.500. The number of nitrogens with one attached hydrogen (secondary N) is 2. The summed E-state index contributed by atoms with van der Waals surface area (Å²) < 4.78 is 5.33. The highest BCUT2D eigenvalue weighted by Crippen LogP contribution is 2.19. The number of carbonyl (C=O) groups is 3. The number of esters is 1. The molecule has 1 fully saturated rings. The monoisotopic (exact) mass is 347 g/mol. The first-order chi connectivity index (χ1) is 11.7. The molecule has 3 amide bonds. The molecule has 0 radical (unpaired) electrons. The van der Waals surface area contributed by atoms with Crippen molar-refractivity contribution in [3.05, 3.63) is 29.8 Å². The van der Waals surface area contributed by atoms with E-state index in [2.05, 4.69) is 10.6 Å². The number of ether oxygens (including phenoxy) is 1. The van der Waals surface area contributed by atoms with Gasteiger partial charge >= 0.3 is 12.0 Å². The van der Waals surface area contributed by atoms with Gasteiger partial charge in [-0.05, 0) is 39.3 Å². The van der Waals surface area contributed by atoms with Crippen LogP contribution in [0.5, 0.6) is 0 Å². The number of benzene rings is 1. The molecule has 0 bridgehead atoms. The van der Waals surface area contributed by atoms with E-state index in [1.54, 1.807) is 52.0 Å². The first-order valence-corrected chi connectivity index (χ1v) is 8.32. The highest BCUT2D eigenvalue weighted by atomic mass is 16.6. The molecular formula is C18H25N3O4. The lowest BCUT2D eigenvalue weighted by molar-refractivity contribution is -0.153. The number of para-hydroxylation sites is 1. The smallest absolute Gasteiger partial charge is 0.322 e. The fourth-order valence-electron chi connectivity index (χ4n) is 2.58. The highest BCUT2D eigenvalue weighted by molar-refractivity contribution is 5.95. The van der Waals surface area contributed by atoms with E-state index in [4.69, 9.17) is 4.74 Å². The van der Waals surface area contributed by atoms with Crippen LogP contribution in [0.3, 0.4) is 0 Å². The molecular weight excluding hydrogens is 322 g/mol. The van der Waals surface area contributed by atoms with Gasteiger partial charge in [-0.3, -0.25) is 9.59 Å². The molecule has 1 aromatic carbocycles. The summed E-state index contributed by atoms with van der Waals surface area (Å²) in [5.41, 5.74) is 0.641. The van der Waals surface area contributed by atoms with Crippen LogP contribution in [0.1, 0.15) is 33.3 Å². The minimum atomic E-state index is -0.564. The summed E-state index contributed by atoms with van der Waals surface area (Å²) in [7, 11) is 0. The van der Waals surface area contributed by atoms with Crippen LogP contribution in [-0.4, -0.2) is 47.5 Å². The van der Waals surface area contributed by atoms with Gasteiger partial charge in [-0.25, -0.2) is 4.79 Å². The zero-order chi connectivity index (χ0) is 18.6. The predicted octanol–water partition coefficient (Wildman–Crippen LogP) is 1.92. The molecule has 1 aromatic rings. The summed E-state index contributed by atoms with van der Waals surface area (Å²) in [6, 6.07) is 6.18. The highest BCUT2D eigenvalue weighted by Gasteiger charge is 2.29. The van der Waals surface area contributed by atoms with Gasteiger partial charge in [0.15, 0.2) is 0 Å². The largest absolute Gasteiger partial charge is 0.460 e. The number of urea groups is 1. The Bertz CT molecular complexity index is 667. The summed E-state index contributed by atoms with van der Waals surface area (Å²) in [5, 5.41) is 5.52. The zero-order valence-electron chi connectivity index (χ0n) is 15.1. The third kappa shape index (κ3) is 5.20. The second kappa shape index (κ2) is 7.55. The molecule has 0 aromatic heterocycles. The molecule has 1 aliphatic rings. The second-order valence-corrected chi connectivity index (χ2v) is 7.01. The minimum absolute atomic E-state index is 0.0593. The molecule has 7 nitrogen and oxygen atoms in total. The Hall–Kier alpha value is -2.57. The Morgan fingerprint density at radius 2 is 2.00 bits per heavy atom. The number of anilines is 1. The van der Waals surface area contributed by atoms with Crippen LogP contribution in [0.25, 0.3) is 0 Å². The topological polar surface area (TPSA) is 87.7 Å². The minimum Gasteiger partial charge on any atom is -0.460 e. The van der Waals surface area contributed by atoms with Crippen LogP contribution >= 0.6 is 0 Å². The van der Waals surface area contributed by atoms with Crippen LogP contribution in [0.15, 0.2) is 24.3 Å². The molecule has 1 unspecified atom stereocenters. The Morgan fingerprint density at radius 1 is 1.32 bits per heavy atom. The van der Waals surface area contributed by atoms with E-state index in [0.717, 1.165) is 0 Å². The van der Waals surface area contributed by atoms with Crippen molar-refractivity contribution in [3.8, 4) is 0 Å². The van der Waals surface area contributed by atoms with Crippen molar-refractivity contribution in [2.75, 3.05) is 18.4 Å². The SMILES string of the molecule is CC1C(=O)NCCN1C(=O)Nc1ccccc1CC(=O)OC(C)(C)C. The Labute approximate surface area is 147 Å². The Balaban J connectivity index is 2.08. The van der Waals surface area contributed by atoms with Crippen molar-refractivity contribution in [2.45, 2.75) is 45.8 Å². The van der Waals surface area contributed by atoms with Crippen molar-refractivity contribution in [1.29, 1.82) is 0 Å². The predicted molar refractivity (Wildman–Crippen MR) is 94.2 cm³/mol. The molecule has 2 N–H and O–H groups in total. The molecule has 0 spiro atoms. The number of hydrogen-bond acceptors (Lipinski definition) is 4. The van der Waals surface area contributed by atoms with Crippen molar-refractivity contribution < 1.29 is 19.1 Å². The van der Waals surface area contributed by atoms with Crippen LogP contribution < -0.4 is 10.6 Å². The first kappa shape index (κ1) is 18.8. The number of amides is 3. The first-order valence-electron chi connectivity index (χ1n) is 8.32. The molecule has 0 saturated carbocycles. The summed E-state index contributed by atoms with van der Waals surface area (Å²) in [4.78, 5) is 37.8. The number of rotatable bonds is 3. The third-order valence-corrected chi connectivity index (χ3v) is 3.77. The van der Waals surface area contributed by atoms with Gasteiger partial charge in [-0.1, -0.05) is 18.2 Å². The molecule has 1 heterocycles. The van der Waals surface area contributed by atoms with Gasteiger partial charge in [-0.2, -0.15) is 0 Å². The maximum Gasteiger partial charge on any atom is 0.322 e. The lowest BCUT2D eigenvalue weighted by atomic mass is 10.1. The van der Waals surface area contributed by atoms with E-state index in [0.29, 0.717) is 24.3 Å². The Morgan fingerprint density at radius 3 is 2.68 bits per heavy atom. The molecule has 0 aliphatic carbocycles. The van der Waals surface area contributed by atoms with Crippen molar-refractivity contribution in [2.24, 2.45) is 0 Å². The summed E-state index contributed by atoms with van der Waals surface area (Å²) in [6.45, 7) is 7.97. The summed E-state index contributed by atoms with van der Waals surface area (Å²) in [5.74, 6) is -0.539. The maximum absolute atomic E-state index is 12.5. The van der Waals surface area contributed by atoms with Gasteiger partial charge in [0.25, 0.3) is 0 Å². The number of nitrogens with zero attached hydrogens (tertiary/aromatic N) is 1. The Kier molecular flexibility index (Phi) is 5.66. The molecule has 2 rings (SSSR count). The number of hydrogen-bond donors (Lipinski definition) is 2. The standard InChI is InChI=1S/C18H25N3O4/c1-12-16(23)19-9-10-21(12)17(24)20-14-8-6-5-7-13(14)11-15(22)25-18(2,3)4/h5-8,12H,9-11H2,1-4H3,(H,19,23)(H,20,24). The summed E-state index contributed by atoms with van der Waals surface area (Å²) in [6.07, 6.45) is 0.0593. The maximum atomic E-state index is 12.5. The number of piperazine rings is 1. The summed E-state index contributed by atoms with van der Waals surface area (Å²) >= 11 is 0. The number of carbonyl (C=O) groups excluding carboxylic acids is 3. The molecule has 7 heteroatoms. The average molecular weight is 347 g/mol. The van der Waals surface area contributed by atoms with Crippen LogP contribution in [0.4, 0.5) is 10.5 Å². The molecule has 1 atom stereocenters. The quantitative estimate of drug-likeness (QED) is 0.818. The van der Waals surface area contributed by atoms with E-state index in [-0.39, 0.29) is 24.3 Å². The van der Waals surface area contributed by atoms with Crippen molar-refractivity contribution >= 4 is 23.6 Å². The molecule has 1 saturated heterocycles. The lowest BCUT2D eigenvalue weighted by Gasteiger charge is -2.33. The van der Waals surface area contributed by atoms with Gasteiger partial charge in [0.2, 0.25) is 5.91 Å². The fourth-order valence-corrected chi connectivity index (χ4v) is 2.58. The van der Waals surface area contributed by atoms with Gasteiger partial charge in [0, 0.05) is 18.8 Å². The van der Waals surface area contributed by atoms with Gasteiger partial charge in [-0.15, -0.1) is 0 Å². The van der Waals surface area contributed by atoms with Gasteiger partial charge < -0.3 is 20.3 Å². The molecule has 1 aliphatic heterocycles. The van der Waals surface area contributed by atoms with E-state index in [1.165, 1.54) is 4.90 Å². The van der Waals surface area contributed by atoms with E-state index in [9.17, 15) is 14.4 Å². The average Bonchev–Trinajstić information content (AvgIpc) is 2.50. The van der Waals surface area contributed by atoms with Crippen molar-refractivity contribution in [1.82, 2.24) is 10.2 Å². The van der Waals surface area contributed by atoms with E-state index >= 15 is 0 Å². The molecule has 136 valence electrons.